The van der Waals surface area contributed by atoms with E-state index in [1.54, 1.807) is 0 Å². The molecule has 0 saturated carbocycles. The molecule has 4 nitrogen and oxygen atoms in total. The van der Waals surface area contributed by atoms with Crippen molar-refractivity contribution >= 4 is 17.6 Å². The van der Waals surface area contributed by atoms with Crippen LogP contribution in [0.3, 0.4) is 0 Å². The number of halogens is 1. The van der Waals surface area contributed by atoms with Crippen molar-refractivity contribution < 1.29 is 14.6 Å². The van der Waals surface area contributed by atoms with Gasteiger partial charge < -0.3 is 9.84 Å². The molecule has 1 N–H and O–H groups in total. The number of aliphatic carboxylic acids is 1. The first-order valence-electron chi connectivity index (χ1n) is 7.51. The Hall–Kier alpha value is -2.04. The van der Waals surface area contributed by atoms with Crippen molar-refractivity contribution in [2.75, 3.05) is 13.1 Å². The third kappa shape index (κ3) is 4.24. The quantitative estimate of drug-likeness (QED) is 0.881. The lowest BCUT2D eigenvalue weighted by Gasteiger charge is -2.36. The van der Waals surface area contributed by atoms with Crippen molar-refractivity contribution in [3.8, 4) is 5.75 Å². The summed E-state index contributed by atoms with van der Waals surface area (Å²) < 4.78 is 5.75. The Balaban J connectivity index is 1.47. The van der Waals surface area contributed by atoms with Gasteiger partial charge in [-0.2, -0.15) is 0 Å². The summed E-state index contributed by atoms with van der Waals surface area (Å²) in [5, 5.41) is 9.59. The van der Waals surface area contributed by atoms with Gasteiger partial charge in [-0.15, -0.1) is 0 Å². The molecule has 1 fully saturated rings. The molecule has 1 aliphatic heterocycles. The lowest BCUT2D eigenvalue weighted by atomic mass is 10.00. The Kier molecular flexibility index (Phi) is 4.84. The van der Waals surface area contributed by atoms with Crippen molar-refractivity contribution in [3.63, 3.8) is 0 Å². The highest BCUT2D eigenvalue weighted by Crippen LogP contribution is 2.21. The lowest BCUT2D eigenvalue weighted by molar-refractivity contribution is -0.147. The SMILES string of the molecule is O=C(O)C1CN(Cc2ccc(OCc3ccc(Cl)cc3)cc2)C1. The summed E-state index contributed by atoms with van der Waals surface area (Å²) in [6, 6.07) is 15.5. The van der Waals surface area contributed by atoms with Crippen LogP contribution in [0.4, 0.5) is 0 Å². The van der Waals surface area contributed by atoms with Crippen LogP contribution in [-0.4, -0.2) is 29.1 Å². The van der Waals surface area contributed by atoms with Crippen LogP contribution in [0.25, 0.3) is 0 Å². The topological polar surface area (TPSA) is 49.8 Å². The second-order valence-corrected chi connectivity index (χ2v) is 6.22. The van der Waals surface area contributed by atoms with Gasteiger partial charge in [-0.1, -0.05) is 35.9 Å². The van der Waals surface area contributed by atoms with Gasteiger partial charge in [-0.05, 0) is 35.4 Å². The average Bonchev–Trinajstić information content (AvgIpc) is 2.51. The molecule has 0 amide bonds. The summed E-state index contributed by atoms with van der Waals surface area (Å²) in [4.78, 5) is 12.9. The number of likely N-dealkylation sites (tertiary alicyclic amines) is 1. The molecule has 1 aliphatic rings. The molecule has 23 heavy (non-hydrogen) atoms. The van der Waals surface area contributed by atoms with E-state index in [1.165, 1.54) is 0 Å². The molecule has 120 valence electrons. The molecule has 0 aromatic heterocycles. The van der Waals surface area contributed by atoms with Crippen molar-refractivity contribution in [1.82, 2.24) is 4.90 Å². The zero-order valence-electron chi connectivity index (χ0n) is 12.6. The molecule has 0 unspecified atom stereocenters. The smallest absolute Gasteiger partial charge is 0.309 e. The summed E-state index contributed by atoms with van der Waals surface area (Å²) in [6.07, 6.45) is 0. The lowest BCUT2D eigenvalue weighted by Crippen LogP contribution is -2.49. The first-order valence-corrected chi connectivity index (χ1v) is 7.89. The van der Waals surface area contributed by atoms with Gasteiger partial charge in [0.15, 0.2) is 0 Å². The van der Waals surface area contributed by atoms with Crippen LogP contribution in [0.2, 0.25) is 5.02 Å². The molecular formula is C18H18ClNO3. The van der Waals surface area contributed by atoms with Crippen LogP contribution in [0.5, 0.6) is 5.75 Å². The summed E-state index contributed by atoms with van der Waals surface area (Å²) >= 11 is 5.85. The molecule has 0 bridgehead atoms. The van der Waals surface area contributed by atoms with Gasteiger partial charge in [0, 0.05) is 24.7 Å². The summed E-state index contributed by atoms with van der Waals surface area (Å²) in [5.74, 6) is -0.0973. The highest BCUT2D eigenvalue weighted by molar-refractivity contribution is 6.30. The minimum atomic E-state index is -0.702. The van der Waals surface area contributed by atoms with E-state index in [4.69, 9.17) is 21.4 Å². The largest absolute Gasteiger partial charge is 0.489 e. The van der Waals surface area contributed by atoms with E-state index in [-0.39, 0.29) is 5.92 Å². The van der Waals surface area contributed by atoms with Gasteiger partial charge >= 0.3 is 5.97 Å². The second kappa shape index (κ2) is 7.02. The molecule has 0 radical (unpaired) electrons. The van der Waals surface area contributed by atoms with Crippen molar-refractivity contribution in [2.45, 2.75) is 13.2 Å². The van der Waals surface area contributed by atoms with Gasteiger partial charge in [-0.3, -0.25) is 9.69 Å². The van der Waals surface area contributed by atoms with Gasteiger partial charge in [0.1, 0.15) is 12.4 Å². The van der Waals surface area contributed by atoms with Crippen LogP contribution >= 0.6 is 11.6 Å². The van der Waals surface area contributed by atoms with E-state index >= 15 is 0 Å². The zero-order chi connectivity index (χ0) is 16.2. The summed E-state index contributed by atoms with van der Waals surface area (Å²) in [5.41, 5.74) is 2.23. The molecule has 0 atom stereocenters. The predicted molar refractivity (Wildman–Crippen MR) is 88.6 cm³/mol. The van der Waals surface area contributed by atoms with Crippen LogP contribution in [-0.2, 0) is 17.9 Å². The van der Waals surface area contributed by atoms with Crippen LogP contribution in [0.15, 0.2) is 48.5 Å². The number of carboxylic acid groups (broad SMARTS) is 1. The molecular weight excluding hydrogens is 314 g/mol. The number of hydrogen-bond acceptors (Lipinski definition) is 3. The maximum atomic E-state index is 10.8. The highest BCUT2D eigenvalue weighted by Gasteiger charge is 2.31. The number of carboxylic acids is 1. The number of benzene rings is 2. The Bertz CT molecular complexity index is 664. The molecule has 2 aromatic rings. The Morgan fingerprint density at radius 1 is 1.09 bits per heavy atom. The van der Waals surface area contributed by atoms with Crippen LogP contribution in [0, 0.1) is 5.92 Å². The molecule has 0 aliphatic carbocycles. The molecule has 5 heteroatoms. The number of hydrogen-bond donors (Lipinski definition) is 1. The predicted octanol–water partition coefficient (Wildman–Crippen LogP) is 3.44. The minimum Gasteiger partial charge on any atom is -0.489 e. The van der Waals surface area contributed by atoms with Crippen LogP contribution in [0.1, 0.15) is 11.1 Å². The highest BCUT2D eigenvalue weighted by atomic mass is 35.5. The summed E-state index contributed by atoms with van der Waals surface area (Å²) in [7, 11) is 0. The van der Waals surface area contributed by atoms with Crippen molar-refractivity contribution in [1.29, 1.82) is 0 Å². The fourth-order valence-corrected chi connectivity index (χ4v) is 2.68. The van der Waals surface area contributed by atoms with E-state index in [1.807, 2.05) is 48.5 Å². The fourth-order valence-electron chi connectivity index (χ4n) is 2.55. The van der Waals surface area contributed by atoms with E-state index in [2.05, 4.69) is 4.90 Å². The second-order valence-electron chi connectivity index (χ2n) is 5.79. The zero-order valence-corrected chi connectivity index (χ0v) is 13.4. The molecule has 2 aromatic carbocycles. The molecule has 0 spiro atoms. The average molecular weight is 332 g/mol. The third-order valence-corrected chi connectivity index (χ3v) is 4.21. The van der Waals surface area contributed by atoms with E-state index < -0.39 is 5.97 Å². The number of carbonyl (C=O) groups is 1. The number of nitrogens with zero attached hydrogens (tertiary/aromatic N) is 1. The van der Waals surface area contributed by atoms with Crippen molar-refractivity contribution in [3.05, 3.63) is 64.7 Å². The molecule has 1 heterocycles. The third-order valence-electron chi connectivity index (χ3n) is 3.95. The van der Waals surface area contributed by atoms with Crippen LogP contribution < -0.4 is 4.74 Å². The maximum Gasteiger partial charge on any atom is 0.309 e. The van der Waals surface area contributed by atoms with E-state index in [9.17, 15) is 4.79 Å². The van der Waals surface area contributed by atoms with Gasteiger partial charge in [0.05, 0.1) is 5.92 Å². The Morgan fingerprint density at radius 3 is 2.30 bits per heavy atom. The first-order chi connectivity index (χ1) is 11.1. The first kappa shape index (κ1) is 15.8. The van der Waals surface area contributed by atoms with E-state index in [0.717, 1.165) is 23.4 Å². The Labute approximate surface area is 140 Å². The van der Waals surface area contributed by atoms with Gasteiger partial charge in [0.2, 0.25) is 0 Å². The van der Waals surface area contributed by atoms with E-state index in [0.29, 0.717) is 24.7 Å². The number of ether oxygens (including phenoxy) is 1. The van der Waals surface area contributed by atoms with Gasteiger partial charge in [-0.25, -0.2) is 0 Å². The molecule has 1 saturated heterocycles. The Morgan fingerprint density at radius 2 is 1.70 bits per heavy atom. The summed E-state index contributed by atoms with van der Waals surface area (Å²) in [6.45, 7) is 2.54. The van der Waals surface area contributed by atoms with Gasteiger partial charge in [0.25, 0.3) is 0 Å². The minimum absolute atomic E-state index is 0.211. The fraction of sp³-hybridized carbons (Fsp3) is 0.278. The maximum absolute atomic E-state index is 10.8. The standard InChI is InChI=1S/C18H18ClNO3/c19-16-5-1-14(2-6-16)12-23-17-7-3-13(4-8-17)9-20-10-15(11-20)18(21)22/h1-8,15H,9-12H2,(H,21,22). The normalized spacial score (nSPS) is 15.2. The van der Waals surface area contributed by atoms with Crippen molar-refractivity contribution in [2.24, 2.45) is 5.92 Å². The molecule has 3 rings (SSSR count). The number of rotatable bonds is 6. The monoisotopic (exact) mass is 331 g/mol.